The molecule has 0 aliphatic carbocycles. The minimum absolute atomic E-state index is 0.160. The van der Waals surface area contributed by atoms with E-state index in [0.717, 1.165) is 99.8 Å². The van der Waals surface area contributed by atoms with Gasteiger partial charge in [0.2, 0.25) is 5.91 Å². The number of pyridine rings is 1. The molecule has 2 saturated heterocycles. The van der Waals surface area contributed by atoms with Crippen molar-refractivity contribution >= 4 is 56.1 Å². The van der Waals surface area contributed by atoms with Crippen LogP contribution in [0.15, 0.2) is 42.5 Å². The number of fused-ring (bicyclic) bond motifs is 2. The van der Waals surface area contributed by atoms with Crippen LogP contribution in [0.2, 0.25) is 5.02 Å². The zero-order valence-electron chi connectivity index (χ0n) is 29.4. The summed E-state index contributed by atoms with van der Waals surface area (Å²) in [4.78, 5) is 39.4. The van der Waals surface area contributed by atoms with E-state index in [-0.39, 0.29) is 11.8 Å². The molecule has 2 aliphatic heterocycles. The van der Waals surface area contributed by atoms with Gasteiger partial charge in [0.05, 0.1) is 32.7 Å². The second kappa shape index (κ2) is 13.3. The zero-order valence-corrected chi connectivity index (χ0v) is 30.9. The Morgan fingerprint density at radius 1 is 1.04 bits per heavy atom. The van der Waals surface area contributed by atoms with Gasteiger partial charge in [-0.15, -0.1) is 11.3 Å². The van der Waals surface area contributed by atoms with Crippen molar-refractivity contribution in [3.8, 4) is 21.8 Å². The molecule has 50 heavy (non-hydrogen) atoms. The van der Waals surface area contributed by atoms with E-state index in [1.807, 2.05) is 80.7 Å². The van der Waals surface area contributed by atoms with E-state index in [1.165, 1.54) is 11.3 Å². The van der Waals surface area contributed by atoms with Crippen molar-refractivity contribution in [1.29, 1.82) is 0 Å². The van der Waals surface area contributed by atoms with Gasteiger partial charge in [0.25, 0.3) is 0 Å². The van der Waals surface area contributed by atoms with E-state index in [2.05, 4.69) is 11.0 Å². The first-order chi connectivity index (χ1) is 23.8. The number of aliphatic carboxylic acids is 1. The molecule has 262 valence electrons. The molecule has 5 aromatic rings. The Hall–Kier alpha value is -3.90. The number of thiazole rings is 1. The van der Waals surface area contributed by atoms with E-state index in [4.69, 9.17) is 31.4 Å². The summed E-state index contributed by atoms with van der Waals surface area (Å²) in [7, 11) is 1.97. The predicted octanol–water partition coefficient (Wildman–Crippen LogP) is 7.61. The second-order valence-corrected chi connectivity index (χ2v) is 16.0. The second-order valence-electron chi connectivity index (χ2n) is 14.6. The lowest BCUT2D eigenvalue weighted by Crippen LogP contribution is -2.43. The molecule has 1 N–H and O–H groups in total. The van der Waals surface area contributed by atoms with Crippen LogP contribution in [0.1, 0.15) is 75.8 Å². The van der Waals surface area contributed by atoms with Gasteiger partial charge in [0.15, 0.2) is 6.10 Å². The third kappa shape index (κ3) is 6.64. The highest BCUT2D eigenvalue weighted by Gasteiger charge is 2.34. The first-order valence-electron chi connectivity index (χ1n) is 17.2. The number of carboxylic acid groups (broad SMARTS) is 1. The van der Waals surface area contributed by atoms with Gasteiger partial charge in [0.1, 0.15) is 10.5 Å². The number of halogens is 1. The normalized spacial score (nSPS) is 18.4. The fraction of sp³-hybridized carbons (Fsp3) is 0.447. The monoisotopic (exact) mass is 714 g/mol. The molecule has 5 heterocycles. The molecule has 1 unspecified atom stereocenters. The lowest BCUT2D eigenvalue weighted by atomic mass is 9.91. The Balaban J connectivity index is 1.26. The fourth-order valence-corrected chi connectivity index (χ4v) is 8.79. The maximum Gasteiger partial charge on any atom is 0.337 e. The van der Waals surface area contributed by atoms with Crippen LogP contribution in [0, 0.1) is 6.92 Å². The van der Waals surface area contributed by atoms with E-state index in [0.29, 0.717) is 16.6 Å². The predicted molar refractivity (Wildman–Crippen MR) is 198 cm³/mol. The molecular formula is C38H43ClN6O4S. The van der Waals surface area contributed by atoms with Crippen molar-refractivity contribution in [2.45, 2.75) is 77.5 Å². The van der Waals surface area contributed by atoms with Crippen LogP contribution in [0.25, 0.3) is 43.1 Å². The number of likely N-dealkylation sites (tertiary alicyclic amines) is 2. The number of benzene rings is 2. The van der Waals surface area contributed by atoms with Gasteiger partial charge in [-0.05, 0) is 102 Å². The molecule has 3 aromatic heterocycles. The van der Waals surface area contributed by atoms with E-state index in [1.54, 1.807) is 6.92 Å². The Morgan fingerprint density at radius 2 is 1.76 bits per heavy atom. The van der Waals surface area contributed by atoms with Crippen LogP contribution in [-0.4, -0.2) is 84.4 Å². The molecule has 1 amide bonds. The molecule has 2 atom stereocenters. The summed E-state index contributed by atoms with van der Waals surface area (Å²) in [6, 6.07) is 13.9. The van der Waals surface area contributed by atoms with Crippen LogP contribution in [0.5, 0.6) is 0 Å². The number of carbonyl (C=O) groups excluding carboxylic acids is 1. The number of rotatable bonds is 7. The van der Waals surface area contributed by atoms with Gasteiger partial charge in [-0.25, -0.2) is 14.8 Å². The number of carbonyl (C=O) groups is 2. The third-order valence-electron chi connectivity index (χ3n) is 10.0. The van der Waals surface area contributed by atoms with Gasteiger partial charge in [-0.2, -0.15) is 5.10 Å². The summed E-state index contributed by atoms with van der Waals surface area (Å²) < 4.78 is 8.97. The Labute approximate surface area is 301 Å². The summed E-state index contributed by atoms with van der Waals surface area (Å²) in [6.07, 6.45) is 1.83. The van der Waals surface area contributed by atoms with Gasteiger partial charge < -0.3 is 14.7 Å². The minimum atomic E-state index is -1.18. The largest absolute Gasteiger partial charge is 0.479 e. The van der Waals surface area contributed by atoms with Crippen LogP contribution in [-0.2, 0) is 21.4 Å². The lowest BCUT2D eigenvalue weighted by molar-refractivity contribution is -0.160. The molecule has 0 saturated carbocycles. The van der Waals surface area contributed by atoms with E-state index in [9.17, 15) is 14.7 Å². The standard InChI is InChI=1S/C38H43ClN6O4S/c1-21-19-28-35(31(23-7-9-25(39)10-8-23)30(21)34(37(47)48)49-38(3,4)5)50-36(41-28)27-11-12-29-33(40-27)32(42-43(29)6)24-13-16-44(17-14-24)26-15-18-45(20-26)22(2)46/h7-12,19,24,26,34H,13-18,20H2,1-6H3,(H,47,48)/t26-,34?/m0/s1. The van der Waals surface area contributed by atoms with Crippen molar-refractivity contribution < 1.29 is 19.4 Å². The molecule has 10 nitrogen and oxygen atoms in total. The molecule has 0 bridgehead atoms. The minimum Gasteiger partial charge on any atom is -0.479 e. The molecule has 2 aromatic carbocycles. The maximum absolute atomic E-state index is 12.7. The van der Waals surface area contributed by atoms with Gasteiger partial charge >= 0.3 is 5.97 Å². The molecule has 2 fully saturated rings. The van der Waals surface area contributed by atoms with Crippen LogP contribution < -0.4 is 0 Å². The van der Waals surface area contributed by atoms with E-state index < -0.39 is 17.7 Å². The molecule has 0 spiro atoms. The van der Waals surface area contributed by atoms with Crippen molar-refractivity contribution in [2.75, 3.05) is 26.2 Å². The summed E-state index contributed by atoms with van der Waals surface area (Å²) in [5, 5.41) is 16.8. The van der Waals surface area contributed by atoms with Gasteiger partial charge in [0, 0.05) is 55.2 Å². The molecule has 0 radical (unpaired) electrons. The molecule has 2 aliphatic rings. The summed E-state index contributed by atoms with van der Waals surface area (Å²) in [6.45, 7) is 12.8. The topological polar surface area (TPSA) is 114 Å². The first kappa shape index (κ1) is 34.5. The number of hydrogen-bond donors (Lipinski definition) is 1. The number of nitrogens with zero attached hydrogens (tertiary/aromatic N) is 6. The number of piperidine rings is 1. The third-order valence-corrected chi connectivity index (χ3v) is 11.4. The number of ether oxygens (including phenoxy) is 1. The first-order valence-corrected chi connectivity index (χ1v) is 18.4. The highest BCUT2D eigenvalue weighted by Crippen LogP contribution is 2.44. The highest BCUT2D eigenvalue weighted by molar-refractivity contribution is 7.22. The Kier molecular flexibility index (Phi) is 9.21. The van der Waals surface area contributed by atoms with Crippen molar-refractivity contribution in [3.05, 3.63) is 64.3 Å². The maximum atomic E-state index is 12.7. The molecular weight excluding hydrogens is 672 g/mol. The summed E-state index contributed by atoms with van der Waals surface area (Å²) >= 11 is 7.79. The number of amides is 1. The molecule has 12 heteroatoms. The smallest absolute Gasteiger partial charge is 0.337 e. The Bertz CT molecular complexity index is 2090. The SMILES string of the molecule is CC(=O)N1CC[C@H](N2CCC(c3nn(C)c4ccc(-c5nc6cc(C)c(C(OC(C)(C)C)C(=O)O)c(-c7ccc(Cl)cc7)c6s5)nc34)CC2)C1. The van der Waals surface area contributed by atoms with Crippen LogP contribution >= 0.6 is 22.9 Å². The van der Waals surface area contributed by atoms with Crippen molar-refractivity contribution in [1.82, 2.24) is 29.5 Å². The average molecular weight is 715 g/mol. The number of aromatic nitrogens is 4. The van der Waals surface area contributed by atoms with E-state index >= 15 is 0 Å². The number of hydrogen-bond acceptors (Lipinski definition) is 8. The van der Waals surface area contributed by atoms with Crippen LogP contribution in [0.4, 0.5) is 0 Å². The zero-order chi connectivity index (χ0) is 35.5. The Morgan fingerprint density at radius 3 is 2.40 bits per heavy atom. The average Bonchev–Trinajstić information content (AvgIpc) is 3.81. The van der Waals surface area contributed by atoms with Gasteiger partial charge in [-0.1, -0.05) is 23.7 Å². The van der Waals surface area contributed by atoms with Crippen LogP contribution in [0.3, 0.4) is 0 Å². The number of aryl methyl sites for hydroxylation is 2. The quantitative estimate of drug-likeness (QED) is 0.183. The lowest BCUT2D eigenvalue weighted by Gasteiger charge is -2.35. The van der Waals surface area contributed by atoms with Crippen molar-refractivity contribution in [3.63, 3.8) is 0 Å². The van der Waals surface area contributed by atoms with Crippen molar-refractivity contribution in [2.24, 2.45) is 7.05 Å². The highest BCUT2D eigenvalue weighted by atomic mass is 35.5. The summed E-state index contributed by atoms with van der Waals surface area (Å²) in [5.74, 6) is -0.602. The van der Waals surface area contributed by atoms with Gasteiger partial charge in [-0.3, -0.25) is 14.4 Å². The number of carboxylic acids is 1. The molecule has 7 rings (SSSR count). The fourth-order valence-electron chi connectivity index (χ4n) is 7.57. The summed E-state index contributed by atoms with van der Waals surface area (Å²) in [5.41, 5.74) is 6.73.